The van der Waals surface area contributed by atoms with Gasteiger partial charge in [-0.1, -0.05) is 23.7 Å². The molecule has 1 heterocycles. The number of halogens is 1. The Kier molecular flexibility index (Phi) is 2.91. The van der Waals surface area contributed by atoms with Gasteiger partial charge in [0.2, 0.25) is 5.95 Å². The zero-order valence-corrected chi connectivity index (χ0v) is 11.4. The average Bonchev–Trinajstić information content (AvgIpc) is 2.42. The summed E-state index contributed by atoms with van der Waals surface area (Å²) in [5.74, 6) is 0.187. The Morgan fingerprint density at radius 3 is 2.80 bits per heavy atom. The number of hydrogen-bond donors (Lipinski definition) is 2. The average molecular weight is 287 g/mol. The third kappa shape index (κ3) is 2.02. The van der Waals surface area contributed by atoms with Crippen LogP contribution in [0.2, 0.25) is 5.02 Å². The second-order valence-corrected chi connectivity index (χ2v) is 4.85. The molecule has 0 spiro atoms. The highest BCUT2D eigenvalue weighted by atomic mass is 35.5. The fraction of sp³-hybridized carbons (Fsp3) is 0.0714. The summed E-state index contributed by atoms with van der Waals surface area (Å²) in [6.45, 7) is 1.91. The van der Waals surface area contributed by atoms with Crippen LogP contribution in [0, 0.1) is 6.92 Å². The third-order valence-electron chi connectivity index (χ3n) is 3.06. The lowest BCUT2D eigenvalue weighted by atomic mass is 10.0. The molecule has 20 heavy (non-hydrogen) atoms. The van der Waals surface area contributed by atoms with Crippen molar-refractivity contribution in [1.29, 1.82) is 0 Å². The summed E-state index contributed by atoms with van der Waals surface area (Å²) in [5.41, 5.74) is 9.38. The van der Waals surface area contributed by atoms with E-state index in [1.54, 1.807) is 12.1 Å². The van der Waals surface area contributed by atoms with Crippen molar-refractivity contribution in [2.75, 3.05) is 5.73 Å². The summed E-state index contributed by atoms with van der Waals surface area (Å²) in [6, 6.07) is 8.87. The lowest BCUT2D eigenvalue weighted by Gasteiger charge is -2.09. The van der Waals surface area contributed by atoms with Crippen molar-refractivity contribution < 1.29 is 5.11 Å². The molecule has 0 aliphatic rings. The summed E-state index contributed by atoms with van der Waals surface area (Å²) in [4.78, 5) is 4.17. The van der Waals surface area contributed by atoms with E-state index in [4.69, 9.17) is 17.3 Å². The Bertz CT molecular complexity index is 820. The fourth-order valence-electron chi connectivity index (χ4n) is 2.12. The van der Waals surface area contributed by atoms with Gasteiger partial charge in [-0.05, 0) is 36.2 Å². The molecule has 0 unspecified atom stereocenters. The van der Waals surface area contributed by atoms with Gasteiger partial charge in [0.25, 0.3) is 0 Å². The first-order chi connectivity index (χ1) is 9.56. The highest BCUT2D eigenvalue weighted by molar-refractivity contribution is 6.34. The quantitative estimate of drug-likeness (QED) is 0.718. The van der Waals surface area contributed by atoms with E-state index in [9.17, 15) is 5.11 Å². The van der Waals surface area contributed by atoms with Crippen molar-refractivity contribution >= 4 is 28.6 Å². The van der Waals surface area contributed by atoms with E-state index in [-0.39, 0.29) is 11.7 Å². The minimum absolute atomic E-state index is 0.0448. The number of nitrogens with two attached hydrogens (primary N) is 1. The van der Waals surface area contributed by atoms with Crippen LogP contribution < -0.4 is 5.73 Å². The van der Waals surface area contributed by atoms with Gasteiger partial charge in [-0.3, -0.25) is 0 Å². The second kappa shape index (κ2) is 4.61. The second-order valence-electron chi connectivity index (χ2n) is 4.47. The molecule has 100 valence electrons. The van der Waals surface area contributed by atoms with Gasteiger partial charge in [0.05, 0.1) is 10.5 Å². The van der Waals surface area contributed by atoms with Crippen LogP contribution in [-0.2, 0) is 0 Å². The van der Waals surface area contributed by atoms with Gasteiger partial charge in [0.1, 0.15) is 11.3 Å². The molecule has 0 amide bonds. The molecular weight excluding hydrogens is 276 g/mol. The maximum atomic E-state index is 9.69. The van der Waals surface area contributed by atoms with Crippen LogP contribution in [0.15, 0.2) is 30.3 Å². The van der Waals surface area contributed by atoms with Crippen molar-refractivity contribution in [3.8, 4) is 16.9 Å². The van der Waals surface area contributed by atoms with Gasteiger partial charge in [-0.15, -0.1) is 10.2 Å². The van der Waals surface area contributed by atoms with Gasteiger partial charge in [-0.25, -0.2) is 4.98 Å². The zero-order chi connectivity index (χ0) is 14.3. The number of hydrogen-bond acceptors (Lipinski definition) is 5. The molecule has 0 radical (unpaired) electrons. The van der Waals surface area contributed by atoms with Crippen LogP contribution in [0.1, 0.15) is 5.56 Å². The third-order valence-corrected chi connectivity index (χ3v) is 3.45. The first-order valence-corrected chi connectivity index (χ1v) is 6.32. The molecule has 1 aromatic heterocycles. The molecule has 0 aliphatic heterocycles. The molecule has 3 aromatic rings. The Labute approximate surface area is 120 Å². The lowest BCUT2D eigenvalue weighted by molar-refractivity contribution is 0.476. The maximum Gasteiger partial charge on any atom is 0.240 e. The Balaban J connectivity index is 2.28. The smallest absolute Gasteiger partial charge is 0.240 e. The molecule has 2 aromatic carbocycles. The number of phenolic OH excluding ortho intramolecular Hbond substituents is 1. The van der Waals surface area contributed by atoms with Crippen molar-refractivity contribution in [2.45, 2.75) is 6.92 Å². The van der Waals surface area contributed by atoms with Crippen molar-refractivity contribution in [1.82, 2.24) is 15.2 Å². The predicted octanol–water partition coefficient (Wildman–Crippen LogP) is 2.94. The molecule has 0 bridgehead atoms. The number of aryl methyl sites for hydroxylation is 1. The molecule has 3 N–H and O–H groups in total. The van der Waals surface area contributed by atoms with Gasteiger partial charge < -0.3 is 10.8 Å². The molecular formula is C14H11ClN4O. The minimum Gasteiger partial charge on any atom is -0.506 e. The van der Waals surface area contributed by atoms with E-state index in [1.165, 1.54) is 0 Å². The number of rotatable bonds is 1. The molecule has 0 atom stereocenters. The first-order valence-electron chi connectivity index (χ1n) is 5.94. The van der Waals surface area contributed by atoms with Gasteiger partial charge >= 0.3 is 0 Å². The Morgan fingerprint density at radius 1 is 1.20 bits per heavy atom. The number of phenols is 1. The monoisotopic (exact) mass is 286 g/mol. The van der Waals surface area contributed by atoms with E-state index in [2.05, 4.69) is 15.2 Å². The van der Waals surface area contributed by atoms with E-state index < -0.39 is 0 Å². The number of aromatic nitrogens is 3. The molecule has 3 rings (SSSR count). The van der Waals surface area contributed by atoms with Crippen LogP contribution >= 0.6 is 11.6 Å². The SMILES string of the molecule is Cc1cc(-c2cccc(O)c2Cl)cc2nnc(N)nc12. The van der Waals surface area contributed by atoms with E-state index in [1.807, 2.05) is 25.1 Å². The molecule has 6 heteroatoms. The number of nitrogen functional groups attached to an aromatic ring is 1. The lowest BCUT2D eigenvalue weighted by Crippen LogP contribution is -1.99. The van der Waals surface area contributed by atoms with Crippen molar-refractivity contribution in [3.05, 3.63) is 40.9 Å². The van der Waals surface area contributed by atoms with Crippen molar-refractivity contribution in [2.24, 2.45) is 0 Å². The van der Waals surface area contributed by atoms with Gasteiger partial charge in [0, 0.05) is 5.56 Å². The normalized spacial score (nSPS) is 10.9. The predicted molar refractivity (Wildman–Crippen MR) is 78.6 cm³/mol. The summed E-state index contributed by atoms with van der Waals surface area (Å²) >= 11 is 6.13. The summed E-state index contributed by atoms with van der Waals surface area (Å²) in [7, 11) is 0. The summed E-state index contributed by atoms with van der Waals surface area (Å²) < 4.78 is 0. The molecule has 0 saturated carbocycles. The van der Waals surface area contributed by atoms with Crippen LogP contribution in [0.25, 0.3) is 22.2 Å². The largest absolute Gasteiger partial charge is 0.506 e. The number of benzene rings is 2. The van der Waals surface area contributed by atoms with Crippen LogP contribution in [0.5, 0.6) is 5.75 Å². The van der Waals surface area contributed by atoms with Crippen molar-refractivity contribution in [3.63, 3.8) is 0 Å². The van der Waals surface area contributed by atoms with Crippen LogP contribution in [0.4, 0.5) is 5.95 Å². The summed E-state index contributed by atoms with van der Waals surface area (Å²) in [5, 5.41) is 17.8. The number of aromatic hydroxyl groups is 1. The van der Waals surface area contributed by atoms with E-state index in [0.29, 0.717) is 16.1 Å². The van der Waals surface area contributed by atoms with Gasteiger partial charge in [-0.2, -0.15) is 0 Å². The van der Waals surface area contributed by atoms with Crippen LogP contribution in [0.3, 0.4) is 0 Å². The molecule has 0 saturated heterocycles. The highest BCUT2D eigenvalue weighted by Crippen LogP contribution is 2.35. The molecule has 0 fully saturated rings. The summed E-state index contributed by atoms with van der Waals surface area (Å²) in [6.07, 6.45) is 0. The Hall–Kier alpha value is -2.40. The Morgan fingerprint density at radius 2 is 2.00 bits per heavy atom. The van der Waals surface area contributed by atoms with Gasteiger partial charge in [0.15, 0.2) is 0 Å². The van der Waals surface area contributed by atoms with E-state index in [0.717, 1.165) is 16.7 Å². The first kappa shape index (κ1) is 12.6. The number of nitrogens with zero attached hydrogens (tertiary/aromatic N) is 3. The highest BCUT2D eigenvalue weighted by Gasteiger charge is 2.11. The topological polar surface area (TPSA) is 84.9 Å². The maximum absolute atomic E-state index is 9.69. The number of fused-ring (bicyclic) bond motifs is 1. The molecule has 5 nitrogen and oxygen atoms in total. The zero-order valence-electron chi connectivity index (χ0n) is 10.6. The standard InChI is InChI=1S/C14H11ClN4O/c1-7-5-8(9-3-2-4-11(20)12(9)15)6-10-13(7)17-14(16)19-18-10/h2-6,20H,1H3,(H2,16,17,19). The fourth-order valence-corrected chi connectivity index (χ4v) is 2.36. The minimum atomic E-state index is 0.0448. The van der Waals surface area contributed by atoms with Crippen LogP contribution in [-0.4, -0.2) is 20.3 Å². The number of anilines is 1. The molecule has 0 aliphatic carbocycles. The van der Waals surface area contributed by atoms with E-state index >= 15 is 0 Å².